The quantitative estimate of drug-likeness (QED) is 0.731. The van der Waals surface area contributed by atoms with Gasteiger partial charge in [-0.05, 0) is 25.1 Å². The number of benzene rings is 1. The topological polar surface area (TPSA) is 26.0 Å². The monoisotopic (exact) mass is 235 g/mol. The molecular formula is C16H29N. The van der Waals surface area contributed by atoms with Gasteiger partial charge in [0, 0.05) is 0 Å². The van der Waals surface area contributed by atoms with E-state index in [4.69, 9.17) is 0 Å². The van der Waals surface area contributed by atoms with Crippen molar-refractivity contribution in [1.29, 1.82) is 0 Å². The van der Waals surface area contributed by atoms with Crippen LogP contribution in [-0.2, 0) is 0 Å². The van der Waals surface area contributed by atoms with Crippen LogP contribution in [-0.4, -0.2) is 7.05 Å². The maximum absolute atomic E-state index is 4.50. The van der Waals surface area contributed by atoms with Gasteiger partial charge in [-0.1, -0.05) is 76.8 Å². The lowest BCUT2D eigenvalue weighted by Gasteiger charge is -1.96. The molecule has 0 radical (unpaired) electrons. The average Bonchev–Trinajstić information content (AvgIpc) is 2.45. The van der Waals surface area contributed by atoms with Crippen LogP contribution >= 0.6 is 0 Å². The van der Waals surface area contributed by atoms with Gasteiger partial charge >= 0.3 is 0 Å². The predicted octanol–water partition coefficient (Wildman–Crippen LogP) is 4.82. The van der Waals surface area contributed by atoms with Crippen molar-refractivity contribution >= 4 is 6.08 Å². The third kappa shape index (κ3) is 12.6. The van der Waals surface area contributed by atoms with Crippen molar-refractivity contribution in [2.45, 2.75) is 34.6 Å². The third-order valence-electron chi connectivity index (χ3n) is 1.60. The molecule has 1 nitrogen and oxygen atoms in total. The van der Waals surface area contributed by atoms with E-state index >= 15 is 0 Å². The fraction of sp³-hybridized carbons (Fsp3) is 0.375. The van der Waals surface area contributed by atoms with E-state index in [2.05, 4.69) is 37.4 Å². The summed E-state index contributed by atoms with van der Waals surface area (Å²) in [7, 11) is 1.50. The molecule has 1 heteroatoms. The minimum Gasteiger partial charge on any atom is -0.333 e. The summed E-state index contributed by atoms with van der Waals surface area (Å²) in [6.45, 7) is 13.7. The Bertz CT molecular complexity index is 275. The lowest BCUT2D eigenvalue weighted by molar-refractivity contribution is 1.44. The lowest BCUT2D eigenvalue weighted by Crippen LogP contribution is -1.76. The molecule has 2 N–H and O–H groups in total. The Morgan fingerprint density at radius 2 is 1.47 bits per heavy atom. The summed E-state index contributed by atoms with van der Waals surface area (Å²) >= 11 is 0. The van der Waals surface area contributed by atoms with Crippen LogP contribution < -0.4 is 5.73 Å². The van der Waals surface area contributed by atoms with Crippen LogP contribution in [0.4, 0.5) is 0 Å². The number of nitrogens with two attached hydrogens (primary N) is 1. The molecule has 0 heterocycles. The number of rotatable bonds is 2. The van der Waals surface area contributed by atoms with E-state index in [1.807, 2.05) is 45.9 Å². The van der Waals surface area contributed by atoms with Gasteiger partial charge in [-0.2, -0.15) is 0 Å². The van der Waals surface area contributed by atoms with Crippen LogP contribution in [0.15, 0.2) is 43.0 Å². The molecular weight excluding hydrogens is 206 g/mol. The van der Waals surface area contributed by atoms with Crippen molar-refractivity contribution in [2.75, 3.05) is 7.05 Å². The number of allylic oxidation sites excluding steroid dienone is 2. The van der Waals surface area contributed by atoms with E-state index in [9.17, 15) is 0 Å². The highest BCUT2D eigenvalue weighted by Gasteiger charge is 1.88. The van der Waals surface area contributed by atoms with Crippen molar-refractivity contribution in [3.8, 4) is 0 Å². The second kappa shape index (κ2) is 20.1. The standard InChI is InChI=1S/C11H12.2C2H6.CH5N/c1-3-4-8-11-9-6-5-7-10(11)2;3*1-2/h3-9H,1H2,2H3;2*1-2H3;2H2,1H3/b8-4-;;;. The second-order valence-electron chi connectivity index (χ2n) is 2.45. The summed E-state index contributed by atoms with van der Waals surface area (Å²) in [5.74, 6) is 0. The Morgan fingerprint density at radius 1 is 1.00 bits per heavy atom. The van der Waals surface area contributed by atoms with Gasteiger partial charge in [0.05, 0.1) is 0 Å². The maximum Gasteiger partial charge on any atom is -0.0195 e. The zero-order chi connectivity index (χ0) is 14.1. The molecule has 0 saturated heterocycles. The molecule has 0 atom stereocenters. The van der Waals surface area contributed by atoms with E-state index in [-0.39, 0.29) is 0 Å². The van der Waals surface area contributed by atoms with Crippen molar-refractivity contribution in [3.05, 3.63) is 54.1 Å². The van der Waals surface area contributed by atoms with E-state index in [1.54, 1.807) is 6.08 Å². The third-order valence-corrected chi connectivity index (χ3v) is 1.60. The molecule has 1 aromatic carbocycles. The number of aryl methyl sites for hydroxylation is 1. The molecule has 0 spiro atoms. The smallest absolute Gasteiger partial charge is 0.0195 e. The summed E-state index contributed by atoms with van der Waals surface area (Å²) in [5, 5.41) is 0. The highest BCUT2D eigenvalue weighted by molar-refractivity contribution is 5.54. The van der Waals surface area contributed by atoms with Crippen LogP contribution in [0.1, 0.15) is 38.8 Å². The fourth-order valence-corrected chi connectivity index (χ4v) is 0.945. The van der Waals surface area contributed by atoms with Gasteiger partial charge < -0.3 is 5.73 Å². The number of hydrogen-bond donors (Lipinski definition) is 1. The Kier molecular flexibility index (Phi) is 24.9. The van der Waals surface area contributed by atoms with Crippen LogP contribution in [0.5, 0.6) is 0 Å². The summed E-state index contributed by atoms with van der Waals surface area (Å²) in [6, 6.07) is 8.27. The van der Waals surface area contributed by atoms with Gasteiger partial charge in [-0.3, -0.25) is 0 Å². The molecule has 0 aromatic heterocycles. The summed E-state index contributed by atoms with van der Waals surface area (Å²) < 4.78 is 0. The Hall–Kier alpha value is -1.34. The van der Waals surface area contributed by atoms with Crippen molar-refractivity contribution in [1.82, 2.24) is 0 Å². The summed E-state index contributed by atoms with van der Waals surface area (Å²) in [5.41, 5.74) is 7.05. The molecule has 0 saturated carbocycles. The zero-order valence-corrected chi connectivity index (χ0v) is 12.3. The summed E-state index contributed by atoms with van der Waals surface area (Å²) in [6.07, 6.45) is 5.79. The molecule has 0 aliphatic rings. The molecule has 0 bridgehead atoms. The first-order valence-electron chi connectivity index (χ1n) is 6.27. The minimum atomic E-state index is 1.26. The van der Waals surface area contributed by atoms with Gasteiger partial charge in [0.1, 0.15) is 0 Å². The second-order valence-corrected chi connectivity index (χ2v) is 2.45. The van der Waals surface area contributed by atoms with E-state index in [0.29, 0.717) is 0 Å². The Labute approximate surface area is 108 Å². The molecule has 0 aliphatic heterocycles. The molecule has 1 rings (SSSR count). The van der Waals surface area contributed by atoms with Gasteiger partial charge in [-0.15, -0.1) is 0 Å². The molecule has 0 fully saturated rings. The largest absolute Gasteiger partial charge is 0.333 e. The molecule has 98 valence electrons. The highest BCUT2D eigenvalue weighted by atomic mass is 14.4. The van der Waals surface area contributed by atoms with Crippen LogP contribution in [0.25, 0.3) is 6.08 Å². The van der Waals surface area contributed by atoms with Gasteiger partial charge in [-0.25, -0.2) is 0 Å². The molecule has 1 aromatic rings. The minimum absolute atomic E-state index is 1.26. The summed E-state index contributed by atoms with van der Waals surface area (Å²) in [4.78, 5) is 0. The SMILES string of the molecule is C=C/C=C\c1ccccc1C.CC.CC.CN. The number of hydrogen-bond acceptors (Lipinski definition) is 1. The zero-order valence-electron chi connectivity index (χ0n) is 12.3. The van der Waals surface area contributed by atoms with Crippen molar-refractivity contribution in [2.24, 2.45) is 5.73 Å². The van der Waals surface area contributed by atoms with Crippen molar-refractivity contribution in [3.63, 3.8) is 0 Å². The molecule has 0 amide bonds. The average molecular weight is 235 g/mol. The Morgan fingerprint density at radius 3 is 1.88 bits per heavy atom. The van der Waals surface area contributed by atoms with E-state index < -0.39 is 0 Å². The Balaban J connectivity index is -0.000000285. The van der Waals surface area contributed by atoms with Gasteiger partial charge in [0.25, 0.3) is 0 Å². The normalized spacial score (nSPS) is 7.71. The fourth-order valence-electron chi connectivity index (χ4n) is 0.945. The van der Waals surface area contributed by atoms with Crippen LogP contribution in [0.3, 0.4) is 0 Å². The van der Waals surface area contributed by atoms with E-state index in [0.717, 1.165) is 0 Å². The lowest BCUT2D eigenvalue weighted by atomic mass is 10.1. The van der Waals surface area contributed by atoms with Gasteiger partial charge in [0.15, 0.2) is 0 Å². The van der Waals surface area contributed by atoms with Crippen LogP contribution in [0.2, 0.25) is 0 Å². The van der Waals surface area contributed by atoms with Crippen LogP contribution in [0, 0.1) is 6.92 Å². The maximum atomic E-state index is 4.50. The predicted molar refractivity (Wildman–Crippen MR) is 83.2 cm³/mol. The van der Waals surface area contributed by atoms with Gasteiger partial charge in [0.2, 0.25) is 0 Å². The first-order valence-corrected chi connectivity index (χ1v) is 6.27. The molecule has 17 heavy (non-hydrogen) atoms. The van der Waals surface area contributed by atoms with E-state index in [1.165, 1.54) is 18.2 Å². The highest BCUT2D eigenvalue weighted by Crippen LogP contribution is 2.08. The molecule has 0 aliphatic carbocycles. The van der Waals surface area contributed by atoms with Crippen molar-refractivity contribution < 1.29 is 0 Å². The molecule has 0 unspecified atom stereocenters. The first-order chi connectivity index (χ1) is 8.34. The first kappa shape index (κ1) is 21.0.